The second kappa shape index (κ2) is 4.08. The number of anilines is 1. The van der Waals surface area contributed by atoms with Gasteiger partial charge in [-0.3, -0.25) is 4.57 Å². The monoisotopic (exact) mass is 295 g/mol. The third-order valence-corrected chi connectivity index (χ3v) is 2.92. The van der Waals surface area contributed by atoms with Gasteiger partial charge in [0, 0.05) is 4.47 Å². The number of aromatic nitrogens is 3. The molecule has 1 aromatic heterocycles. The van der Waals surface area contributed by atoms with Crippen LogP contribution >= 0.6 is 28.1 Å². The number of nitrogen functional groups attached to an aromatic ring is 1. The standard InChI is InChI=1S/C9H6BrN5S/c10-6-3-5(4-11)1-2-7(6)15-8(12)13-14-9(15)16/h1-3H,(H2,12,13)(H,14,16). The summed E-state index contributed by atoms with van der Waals surface area (Å²) in [6.45, 7) is 0. The lowest BCUT2D eigenvalue weighted by Gasteiger charge is -2.06. The summed E-state index contributed by atoms with van der Waals surface area (Å²) < 4.78 is 2.72. The minimum atomic E-state index is 0.274. The van der Waals surface area contributed by atoms with E-state index in [0.29, 0.717) is 10.3 Å². The quantitative estimate of drug-likeness (QED) is 0.790. The number of H-pyrrole nitrogens is 1. The molecule has 0 spiro atoms. The first-order chi connectivity index (χ1) is 7.63. The van der Waals surface area contributed by atoms with E-state index in [1.165, 1.54) is 0 Å². The molecule has 0 fully saturated rings. The number of halogens is 1. The van der Waals surface area contributed by atoms with Crippen molar-refractivity contribution in [3.8, 4) is 11.8 Å². The first kappa shape index (κ1) is 10.9. The van der Waals surface area contributed by atoms with Gasteiger partial charge in [-0.05, 0) is 46.3 Å². The lowest BCUT2D eigenvalue weighted by atomic mass is 10.2. The molecule has 16 heavy (non-hydrogen) atoms. The van der Waals surface area contributed by atoms with E-state index in [2.05, 4.69) is 26.1 Å². The van der Waals surface area contributed by atoms with Crippen LogP contribution in [0.15, 0.2) is 22.7 Å². The smallest absolute Gasteiger partial charge is 0.225 e. The third-order valence-electron chi connectivity index (χ3n) is 2.02. The van der Waals surface area contributed by atoms with Crippen molar-refractivity contribution in [3.63, 3.8) is 0 Å². The molecule has 0 aliphatic rings. The fraction of sp³-hybridized carbons (Fsp3) is 0. The Morgan fingerprint density at radius 2 is 2.31 bits per heavy atom. The van der Waals surface area contributed by atoms with E-state index in [9.17, 15) is 0 Å². The average Bonchev–Trinajstić information content (AvgIpc) is 2.59. The van der Waals surface area contributed by atoms with Gasteiger partial charge in [0.15, 0.2) is 0 Å². The molecule has 7 heteroatoms. The molecule has 0 saturated carbocycles. The second-order valence-electron chi connectivity index (χ2n) is 3.00. The predicted octanol–water partition coefficient (Wildman–Crippen LogP) is 2.15. The number of nitrogens with one attached hydrogen (secondary N) is 1. The Labute approximate surface area is 105 Å². The molecule has 0 aliphatic carbocycles. The molecule has 1 aromatic carbocycles. The number of aromatic amines is 1. The van der Waals surface area contributed by atoms with Crippen LogP contribution in [0.5, 0.6) is 0 Å². The average molecular weight is 296 g/mol. The highest BCUT2D eigenvalue weighted by Gasteiger charge is 2.08. The third kappa shape index (κ3) is 1.73. The Kier molecular flexibility index (Phi) is 2.77. The molecule has 0 amide bonds. The summed E-state index contributed by atoms with van der Waals surface area (Å²) >= 11 is 8.42. The molecule has 2 aromatic rings. The number of hydrogen-bond acceptors (Lipinski definition) is 4. The molecule has 80 valence electrons. The largest absolute Gasteiger partial charge is 0.368 e. The number of rotatable bonds is 1. The number of nitrogens with zero attached hydrogens (tertiary/aromatic N) is 3. The summed E-state index contributed by atoms with van der Waals surface area (Å²) in [5, 5.41) is 15.2. The fourth-order valence-electron chi connectivity index (χ4n) is 1.30. The molecule has 0 bridgehead atoms. The molecule has 3 N–H and O–H groups in total. The Morgan fingerprint density at radius 1 is 1.56 bits per heavy atom. The van der Waals surface area contributed by atoms with E-state index in [4.69, 9.17) is 23.2 Å². The van der Waals surface area contributed by atoms with E-state index in [0.717, 1.165) is 10.2 Å². The van der Waals surface area contributed by atoms with Crippen LogP contribution in [0.3, 0.4) is 0 Å². The van der Waals surface area contributed by atoms with Crippen LogP contribution in [-0.2, 0) is 0 Å². The number of benzene rings is 1. The summed E-state index contributed by atoms with van der Waals surface area (Å²) in [6.07, 6.45) is 0. The second-order valence-corrected chi connectivity index (χ2v) is 4.24. The molecule has 0 aliphatic heterocycles. The first-order valence-electron chi connectivity index (χ1n) is 4.26. The molecule has 0 radical (unpaired) electrons. The zero-order chi connectivity index (χ0) is 11.7. The van der Waals surface area contributed by atoms with Gasteiger partial charge < -0.3 is 5.73 Å². The number of nitriles is 1. The lowest BCUT2D eigenvalue weighted by Crippen LogP contribution is -2.01. The molecule has 1 heterocycles. The van der Waals surface area contributed by atoms with Crippen LogP contribution in [0, 0.1) is 16.1 Å². The van der Waals surface area contributed by atoms with Gasteiger partial charge in [-0.2, -0.15) is 5.26 Å². The normalized spacial score (nSPS) is 10.0. The van der Waals surface area contributed by atoms with Crippen LogP contribution < -0.4 is 5.73 Å². The van der Waals surface area contributed by atoms with Gasteiger partial charge in [0.25, 0.3) is 0 Å². The maximum atomic E-state index is 8.75. The van der Waals surface area contributed by atoms with Gasteiger partial charge in [-0.15, -0.1) is 5.10 Å². The van der Waals surface area contributed by atoms with Gasteiger partial charge in [0.2, 0.25) is 10.7 Å². The molecular formula is C9H6BrN5S. The zero-order valence-electron chi connectivity index (χ0n) is 7.94. The van der Waals surface area contributed by atoms with Crippen molar-refractivity contribution in [2.45, 2.75) is 0 Å². The van der Waals surface area contributed by atoms with Crippen LogP contribution in [0.25, 0.3) is 5.69 Å². The topological polar surface area (TPSA) is 83.4 Å². The summed E-state index contributed by atoms with van der Waals surface area (Å²) in [7, 11) is 0. The minimum Gasteiger partial charge on any atom is -0.368 e. The Hall–Kier alpha value is -1.65. The molecule has 5 nitrogen and oxygen atoms in total. The highest BCUT2D eigenvalue weighted by molar-refractivity contribution is 9.10. The van der Waals surface area contributed by atoms with Crippen molar-refractivity contribution in [1.82, 2.24) is 14.8 Å². The van der Waals surface area contributed by atoms with Gasteiger partial charge in [-0.25, -0.2) is 5.10 Å². The van der Waals surface area contributed by atoms with E-state index in [-0.39, 0.29) is 5.95 Å². The van der Waals surface area contributed by atoms with E-state index in [1.54, 1.807) is 22.8 Å². The van der Waals surface area contributed by atoms with E-state index < -0.39 is 0 Å². The van der Waals surface area contributed by atoms with Crippen molar-refractivity contribution >= 4 is 34.1 Å². The summed E-state index contributed by atoms with van der Waals surface area (Å²) in [5.74, 6) is 0.274. The van der Waals surface area contributed by atoms with Gasteiger partial charge in [0.05, 0.1) is 17.3 Å². The number of hydrogen-bond donors (Lipinski definition) is 2. The summed E-state index contributed by atoms with van der Waals surface area (Å²) in [6, 6.07) is 7.19. The van der Waals surface area contributed by atoms with Crippen LogP contribution in [0.1, 0.15) is 5.56 Å². The van der Waals surface area contributed by atoms with E-state index >= 15 is 0 Å². The molecule has 0 unspecified atom stereocenters. The van der Waals surface area contributed by atoms with Crippen molar-refractivity contribution in [1.29, 1.82) is 5.26 Å². The van der Waals surface area contributed by atoms with Gasteiger partial charge in [0.1, 0.15) is 0 Å². The number of nitrogens with two attached hydrogens (primary N) is 1. The van der Waals surface area contributed by atoms with Crippen molar-refractivity contribution in [2.75, 3.05) is 5.73 Å². The highest BCUT2D eigenvalue weighted by atomic mass is 79.9. The lowest BCUT2D eigenvalue weighted by molar-refractivity contribution is 1.03. The Bertz CT molecular complexity index is 636. The fourth-order valence-corrected chi connectivity index (χ4v) is 2.09. The van der Waals surface area contributed by atoms with Crippen LogP contribution in [0.4, 0.5) is 5.95 Å². The minimum absolute atomic E-state index is 0.274. The van der Waals surface area contributed by atoms with Crippen LogP contribution in [0.2, 0.25) is 0 Å². The van der Waals surface area contributed by atoms with Gasteiger partial charge >= 0.3 is 0 Å². The van der Waals surface area contributed by atoms with Crippen molar-refractivity contribution in [2.24, 2.45) is 0 Å². The van der Waals surface area contributed by atoms with Crippen LogP contribution in [-0.4, -0.2) is 14.8 Å². The predicted molar refractivity (Wildman–Crippen MR) is 65.6 cm³/mol. The van der Waals surface area contributed by atoms with E-state index in [1.807, 2.05) is 6.07 Å². The molecular weight excluding hydrogens is 290 g/mol. The molecule has 0 saturated heterocycles. The maximum absolute atomic E-state index is 8.75. The zero-order valence-corrected chi connectivity index (χ0v) is 10.3. The SMILES string of the molecule is N#Cc1ccc(-n2c(N)n[nH]c2=S)c(Br)c1. The van der Waals surface area contributed by atoms with Crippen molar-refractivity contribution in [3.05, 3.63) is 33.0 Å². The maximum Gasteiger partial charge on any atom is 0.225 e. The van der Waals surface area contributed by atoms with Crippen molar-refractivity contribution < 1.29 is 0 Å². The summed E-state index contributed by atoms with van der Waals surface area (Å²) in [4.78, 5) is 0. The Morgan fingerprint density at radius 3 is 2.81 bits per heavy atom. The van der Waals surface area contributed by atoms with Gasteiger partial charge in [-0.1, -0.05) is 0 Å². The molecule has 2 rings (SSSR count). The Balaban J connectivity index is 2.67. The highest BCUT2D eigenvalue weighted by Crippen LogP contribution is 2.24. The molecule has 0 atom stereocenters. The first-order valence-corrected chi connectivity index (χ1v) is 5.46. The summed E-state index contributed by atoms with van der Waals surface area (Å²) in [5.41, 5.74) is 6.99.